The second kappa shape index (κ2) is 5.76. The topological polar surface area (TPSA) is 17.1 Å². The van der Waals surface area contributed by atoms with Crippen LogP contribution in [-0.2, 0) is 4.79 Å². The van der Waals surface area contributed by atoms with Crippen molar-refractivity contribution in [2.24, 2.45) is 5.92 Å². The predicted molar refractivity (Wildman–Crippen MR) is 53.0 cm³/mol. The molecule has 0 atom stereocenters. The van der Waals surface area contributed by atoms with Gasteiger partial charge >= 0.3 is 0 Å². The van der Waals surface area contributed by atoms with Crippen molar-refractivity contribution in [3.63, 3.8) is 0 Å². The summed E-state index contributed by atoms with van der Waals surface area (Å²) in [5.74, 6) is 0.787. The average Bonchev–Trinajstić information content (AvgIpc) is 1.84. The zero-order chi connectivity index (χ0) is 9.56. The van der Waals surface area contributed by atoms with Gasteiger partial charge in [-0.1, -0.05) is 38.2 Å². The highest BCUT2D eigenvalue weighted by Crippen LogP contribution is 2.07. The van der Waals surface area contributed by atoms with E-state index in [0.29, 0.717) is 24.5 Å². The van der Waals surface area contributed by atoms with Crippen LogP contribution in [0.2, 0.25) is 0 Å². The highest BCUT2D eigenvalue weighted by molar-refractivity contribution is 5.80. The molecular formula is C11H18O. The van der Waals surface area contributed by atoms with Gasteiger partial charge in [0.15, 0.2) is 0 Å². The van der Waals surface area contributed by atoms with Crippen molar-refractivity contribution < 1.29 is 4.79 Å². The molecule has 0 unspecified atom stereocenters. The molecule has 0 bridgehead atoms. The summed E-state index contributed by atoms with van der Waals surface area (Å²) in [5, 5.41) is 0. The molecule has 12 heavy (non-hydrogen) atoms. The van der Waals surface area contributed by atoms with Crippen LogP contribution in [0.25, 0.3) is 0 Å². The molecule has 68 valence electrons. The van der Waals surface area contributed by atoms with E-state index in [-0.39, 0.29) is 0 Å². The van der Waals surface area contributed by atoms with Gasteiger partial charge in [0, 0.05) is 12.8 Å². The zero-order valence-corrected chi connectivity index (χ0v) is 8.26. The first kappa shape index (κ1) is 11.2. The Hall–Kier alpha value is -0.850. The highest BCUT2D eigenvalue weighted by atomic mass is 16.1. The first-order chi connectivity index (χ1) is 5.56. The minimum absolute atomic E-state index is 0.320. The molecule has 0 aromatic heterocycles. The minimum atomic E-state index is 0.320. The summed E-state index contributed by atoms with van der Waals surface area (Å²) in [7, 11) is 0. The van der Waals surface area contributed by atoms with Crippen molar-refractivity contribution in [1.29, 1.82) is 0 Å². The fourth-order valence-electron chi connectivity index (χ4n) is 1.10. The van der Waals surface area contributed by atoms with E-state index < -0.39 is 0 Å². The lowest BCUT2D eigenvalue weighted by Gasteiger charge is -2.03. The number of carbonyl (C=O) groups is 1. The smallest absolute Gasteiger partial charge is 0.137 e. The van der Waals surface area contributed by atoms with Crippen LogP contribution in [0.15, 0.2) is 24.3 Å². The van der Waals surface area contributed by atoms with E-state index >= 15 is 0 Å². The van der Waals surface area contributed by atoms with Crippen molar-refractivity contribution in [1.82, 2.24) is 0 Å². The SMILES string of the molecule is C=C/C=C(/C)CC(=O)CC(C)C. The van der Waals surface area contributed by atoms with Crippen molar-refractivity contribution in [3.8, 4) is 0 Å². The Morgan fingerprint density at radius 1 is 1.50 bits per heavy atom. The molecule has 0 spiro atoms. The molecule has 0 aliphatic heterocycles. The summed E-state index contributed by atoms with van der Waals surface area (Å²) in [6.45, 7) is 9.66. The molecule has 0 saturated carbocycles. The first-order valence-electron chi connectivity index (χ1n) is 4.36. The van der Waals surface area contributed by atoms with Gasteiger partial charge < -0.3 is 0 Å². The highest BCUT2D eigenvalue weighted by Gasteiger charge is 2.04. The number of carbonyl (C=O) groups excluding carboxylic acids is 1. The number of allylic oxidation sites excluding steroid dienone is 3. The Morgan fingerprint density at radius 2 is 2.08 bits per heavy atom. The summed E-state index contributed by atoms with van der Waals surface area (Å²) in [4.78, 5) is 11.3. The van der Waals surface area contributed by atoms with E-state index in [2.05, 4.69) is 20.4 Å². The molecule has 0 fully saturated rings. The second-order valence-electron chi connectivity index (χ2n) is 3.56. The Morgan fingerprint density at radius 3 is 2.50 bits per heavy atom. The van der Waals surface area contributed by atoms with Gasteiger partial charge in [0.25, 0.3) is 0 Å². The van der Waals surface area contributed by atoms with Crippen LogP contribution in [-0.4, -0.2) is 5.78 Å². The number of hydrogen-bond acceptors (Lipinski definition) is 1. The van der Waals surface area contributed by atoms with Crippen LogP contribution in [0.1, 0.15) is 33.6 Å². The molecule has 0 rings (SSSR count). The normalized spacial score (nSPS) is 11.8. The van der Waals surface area contributed by atoms with E-state index in [0.717, 1.165) is 5.57 Å². The van der Waals surface area contributed by atoms with Gasteiger partial charge in [-0.15, -0.1) is 0 Å². The number of ketones is 1. The second-order valence-corrected chi connectivity index (χ2v) is 3.56. The third kappa shape index (κ3) is 5.90. The van der Waals surface area contributed by atoms with Crippen LogP contribution in [0.3, 0.4) is 0 Å². The van der Waals surface area contributed by atoms with Gasteiger partial charge in [0.05, 0.1) is 0 Å². The van der Waals surface area contributed by atoms with E-state index in [1.54, 1.807) is 6.08 Å². The fraction of sp³-hybridized carbons (Fsp3) is 0.545. The van der Waals surface area contributed by atoms with Crippen LogP contribution in [0.5, 0.6) is 0 Å². The van der Waals surface area contributed by atoms with Gasteiger partial charge in [-0.25, -0.2) is 0 Å². The molecule has 0 aliphatic carbocycles. The third-order valence-electron chi connectivity index (χ3n) is 1.51. The molecule has 0 N–H and O–H groups in total. The summed E-state index contributed by atoms with van der Waals surface area (Å²) < 4.78 is 0. The van der Waals surface area contributed by atoms with Crippen LogP contribution in [0.4, 0.5) is 0 Å². The Labute approximate surface area is 75.2 Å². The first-order valence-corrected chi connectivity index (χ1v) is 4.36. The van der Waals surface area contributed by atoms with Crippen LogP contribution in [0, 0.1) is 5.92 Å². The molecule has 0 saturated heterocycles. The Kier molecular flexibility index (Phi) is 5.35. The van der Waals surface area contributed by atoms with Gasteiger partial charge in [-0.05, 0) is 12.8 Å². The summed E-state index contributed by atoms with van der Waals surface area (Å²) in [6, 6.07) is 0. The van der Waals surface area contributed by atoms with E-state index in [4.69, 9.17) is 0 Å². The summed E-state index contributed by atoms with van der Waals surface area (Å²) in [5.41, 5.74) is 1.09. The number of hydrogen-bond donors (Lipinski definition) is 0. The van der Waals surface area contributed by atoms with Gasteiger partial charge in [-0.3, -0.25) is 4.79 Å². The zero-order valence-electron chi connectivity index (χ0n) is 8.26. The molecule has 0 aromatic rings. The summed E-state index contributed by atoms with van der Waals surface area (Å²) >= 11 is 0. The molecule has 1 nitrogen and oxygen atoms in total. The molecular weight excluding hydrogens is 148 g/mol. The van der Waals surface area contributed by atoms with E-state index in [1.165, 1.54) is 0 Å². The van der Waals surface area contributed by atoms with Gasteiger partial charge in [0.1, 0.15) is 5.78 Å². The summed E-state index contributed by atoms with van der Waals surface area (Å²) in [6.07, 6.45) is 4.86. The quantitative estimate of drug-likeness (QED) is 0.573. The van der Waals surface area contributed by atoms with Gasteiger partial charge in [0.2, 0.25) is 0 Å². The maximum atomic E-state index is 11.3. The maximum Gasteiger partial charge on any atom is 0.137 e. The molecule has 0 radical (unpaired) electrons. The predicted octanol–water partition coefficient (Wildman–Crippen LogP) is 3.12. The Balaban J connectivity index is 3.84. The fourth-order valence-corrected chi connectivity index (χ4v) is 1.10. The lowest BCUT2D eigenvalue weighted by Crippen LogP contribution is -2.02. The van der Waals surface area contributed by atoms with E-state index in [1.807, 2.05) is 13.0 Å². The number of rotatable bonds is 5. The lowest BCUT2D eigenvalue weighted by atomic mass is 10.0. The van der Waals surface area contributed by atoms with E-state index in [9.17, 15) is 4.79 Å². The Bertz CT molecular complexity index is 187. The third-order valence-corrected chi connectivity index (χ3v) is 1.51. The average molecular weight is 166 g/mol. The lowest BCUT2D eigenvalue weighted by molar-refractivity contribution is -0.119. The molecule has 1 heteroatoms. The molecule has 0 amide bonds. The number of Topliss-reactive ketones (excluding diaryl/α,β-unsaturated/α-hetero) is 1. The largest absolute Gasteiger partial charge is 0.299 e. The molecule has 0 aromatic carbocycles. The molecule has 0 heterocycles. The van der Waals surface area contributed by atoms with Crippen molar-refractivity contribution in [2.45, 2.75) is 33.6 Å². The minimum Gasteiger partial charge on any atom is -0.299 e. The standard InChI is InChI=1S/C11H18O/c1-5-6-10(4)8-11(12)7-9(2)3/h5-6,9H,1,7-8H2,2-4H3/b10-6-. The van der Waals surface area contributed by atoms with Crippen LogP contribution >= 0.6 is 0 Å². The monoisotopic (exact) mass is 166 g/mol. The molecule has 0 aliphatic rings. The maximum absolute atomic E-state index is 11.3. The van der Waals surface area contributed by atoms with Crippen molar-refractivity contribution >= 4 is 5.78 Å². The van der Waals surface area contributed by atoms with Crippen molar-refractivity contribution in [2.75, 3.05) is 0 Å². The van der Waals surface area contributed by atoms with Crippen LogP contribution < -0.4 is 0 Å². The van der Waals surface area contributed by atoms with Gasteiger partial charge in [-0.2, -0.15) is 0 Å². The van der Waals surface area contributed by atoms with Crippen molar-refractivity contribution in [3.05, 3.63) is 24.3 Å².